The lowest BCUT2D eigenvalue weighted by molar-refractivity contribution is -0.274. The Kier molecular flexibility index (Phi) is 9.67. The Morgan fingerprint density at radius 3 is 2.39 bits per heavy atom. The van der Waals surface area contributed by atoms with E-state index in [0.29, 0.717) is 12.1 Å². The van der Waals surface area contributed by atoms with Crippen molar-refractivity contribution in [1.29, 1.82) is 0 Å². The van der Waals surface area contributed by atoms with Gasteiger partial charge in [-0.25, -0.2) is 0 Å². The van der Waals surface area contributed by atoms with E-state index in [2.05, 4.69) is 17.0 Å². The number of benzene rings is 1. The number of hydrogen-bond donors (Lipinski definition) is 2. The van der Waals surface area contributed by atoms with Crippen LogP contribution in [0.5, 0.6) is 5.75 Å². The third kappa shape index (κ3) is 9.30. The smallest absolute Gasteiger partial charge is 0.406 e. The highest BCUT2D eigenvalue weighted by Crippen LogP contribution is 2.22. The number of nitrogens with one attached hydrogen (secondary N) is 1. The number of amides is 1. The first-order valence-corrected chi connectivity index (χ1v) is 7.18. The summed E-state index contributed by atoms with van der Waals surface area (Å²) in [7, 11) is 0. The lowest BCUT2D eigenvalue weighted by Gasteiger charge is -2.16. The zero-order valence-corrected chi connectivity index (χ0v) is 13.7. The summed E-state index contributed by atoms with van der Waals surface area (Å²) in [5, 5.41) is 2.83. The largest absolute Gasteiger partial charge is 0.573 e. The molecule has 0 saturated carbocycles. The van der Waals surface area contributed by atoms with Crippen molar-refractivity contribution >= 4 is 18.3 Å². The Bertz CT molecular complexity index is 467. The third-order valence-corrected chi connectivity index (χ3v) is 3.08. The number of alkyl halides is 3. The second kappa shape index (κ2) is 10.3. The molecule has 0 aliphatic carbocycles. The lowest BCUT2D eigenvalue weighted by Crippen LogP contribution is -2.40. The molecule has 1 amide bonds. The van der Waals surface area contributed by atoms with E-state index in [0.717, 1.165) is 19.3 Å². The van der Waals surface area contributed by atoms with Crippen LogP contribution in [0.4, 0.5) is 13.2 Å². The summed E-state index contributed by atoms with van der Waals surface area (Å²) in [4.78, 5) is 11.9. The number of carbonyl (C=O) groups excluding carboxylic acids is 1. The third-order valence-electron chi connectivity index (χ3n) is 3.08. The summed E-state index contributed by atoms with van der Waals surface area (Å²) in [5.74, 6) is -0.504. The molecule has 0 bridgehead atoms. The zero-order valence-electron chi connectivity index (χ0n) is 12.9. The highest BCUT2D eigenvalue weighted by Gasteiger charge is 2.30. The van der Waals surface area contributed by atoms with Crippen LogP contribution in [0.2, 0.25) is 0 Å². The molecule has 1 rings (SSSR count). The van der Waals surface area contributed by atoms with Gasteiger partial charge < -0.3 is 15.8 Å². The van der Waals surface area contributed by atoms with Crippen molar-refractivity contribution in [2.45, 2.75) is 45.0 Å². The number of ether oxygens (including phenoxy) is 1. The second-order valence-corrected chi connectivity index (χ2v) is 5.01. The van der Waals surface area contributed by atoms with Gasteiger partial charge in [-0.2, -0.15) is 0 Å². The van der Waals surface area contributed by atoms with Crippen LogP contribution in [0.15, 0.2) is 24.3 Å². The van der Waals surface area contributed by atoms with E-state index in [1.165, 1.54) is 24.3 Å². The summed E-state index contributed by atoms with van der Waals surface area (Å²) in [6.45, 7) is 2.42. The van der Waals surface area contributed by atoms with Crippen molar-refractivity contribution in [3.63, 3.8) is 0 Å². The number of hydrogen-bond acceptors (Lipinski definition) is 3. The average molecular weight is 355 g/mol. The van der Waals surface area contributed by atoms with E-state index in [1.54, 1.807) is 0 Å². The Hall–Kier alpha value is -1.47. The number of halogens is 4. The van der Waals surface area contributed by atoms with Gasteiger partial charge >= 0.3 is 6.36 Å². The number of rotatable bonds is 8. The first kappa shape index (κ1) is 21.5. The molecule has 0 aromatic heterocycles. The number of carbonyl (C=O) groups is 1. The van der Waals surface area contributed by atoms with Crippen molar-refractivity contribution in [2.75, 3.05) is 6.54 Å². The van der Waals surface area contributed by atoms with E-state index < -0.39 is 6.36 Å². The summed E-state index contributed by atoms with van der Waals surface area (Å²) in [5.41, 5.74) is 6.21. The van der Waals surface area contributed by atoms with Crippen LogP contribution < -0.4 is 15.8 Å². The van der Waals surface area contributed by atoms with Gasteiger partial charge in [0, 0.05) is 12.6 Å². The van der Waals surface area contributed by atoms with Crippen molar-refractivity contribution < 1.29 is 22.7 Å². The second-order valence-electron chi connectivity index (χ2n) is 5.01. The first-order chi connectivity index (χ1) is 10.3. The summed E-state index contributed by atoms with van der Waals surface area (Å²) in [6.07, 6.45) is -1.81. The van der Waals surface area contributed by atoms with Crippen LogP contribution >= 0.6 is 12.4 Å². The Labute approximate surface area is 140 Å². The number of unbranched alkanes of at least 4 members (excludes halogenated alkanes) is 1. The zero-order chi connectivity index (χ0) is 16.6. The van der Waals surface area contributed by atoms with Crippen molar-refractivity contribution in [3.05, 3.63) is 29.8 Å². The summed E-state index contributed by atoms with van der Waals surface area (Å²) >= 11 is 0. The average Bonchev–Trinajstić information content (AvgIpc) is 2.44. The minimum absolute atomic E-state index is 0. The highest BCUT2D eigenvalue weighted by atomic mass is 35.5. The molecule has 1 aromatic carbocycles. The Morgan fingerprint density at radius 1 is 1.30 bits per heavy atom. The molecule has 0 saturated heterocycles. The van der Waals surface area contributed by atoms with Gasteiger partial charge in [0.2, 0.25) is 5.91 Å². The Balaban J connectivity index is 0.00000484. The molecule has 132 valence electrons. The molecule has 0 spiro atoms. The van der Waals surface area contributed by atoms with E-state index >= 15 is 0 Å². The molecule has 3 N–H and O–H groups in total. The highest BCUT2D eigenvalue weighted by molar-refractivity contribution is 5.85. The van der Waals surface area contributed by atoms with Gasteiger partial charge in [-0.1, -0.05) is 31.9 Å². The molecular formula is C15H22ClF3N2O2. The predicted octanol–water partition coefficient (Wildman–Crippen LogP) is 3.18. The monoisotopic (exact) mass is 354 g/mol. The first-order valence-electron chi connectivity index (χ1n) is 7.18. The van der Waals surface area contributed by atoms with Crippen LogP contribution in [0.3, 0.4) is 0 Å². The summed E-state index contributed by atoms with van der Waals surface area (Å²) in [6, 6.07) is 5.18. The van der Waals surface area contributed by atoms with Gasteiger partial charge in [0.15, 0.2) is 0 Å². The molecule has 0 aliphatic heterocycles. The van der Waals surface area contributed by atoms with Crippen molar-refractivity contribution in [2.24, 2.45) is 5.73 Å². The SMILES string of the molecule is CCCCC(CN)NC(=O)Cc1ccc(OC(F)(F)F)cc1.Cl. The van der Waals surface area contributed by atoms with Gasteiger partial charge in [0.25, 0.3) is 0 Å². The molecule has 1 unspecified atom stereocenters. The molecule has 0 radical (unpaired) electrons. The fourth-order valence-electron chi connectivity index (χ4n) is 1.97. The topological polar surface area (TPSA) is 64.3 Å². The van der Waals surface area contributed by atoms with Gasteiger partial charge in [0.05, 0.1) is 6.42 Å². The molecule has 1 aromatic rings. The van der Waals surface area contributed by atoms with Gasteiger partial charge in [-0.15, -0.1) is 25.6 Å². The predicted molar refractivity (Wildman–Crippen MR) is 84.6 cm³/mol. The maximum atomic E-state index is 12.0. The van der Waals surface area contributed by atoms with Crippen LogP contribution in [-0.4, -0.2) is 24.9 Å². The van der Waals surface area contributed by atoms with Gasteiger partial charge in [0.1, 0.15) is 5.75 Å². The molecule has 4 nitrogen and oxygen atoms in total. The normalized spacial score (nSPS) is 12.2. The molecule has 0 fully saturated rings. The molecule has 1 atom stereocenters. The molecule has 23 heavy (non-hydrogen) atoms. The standard InChI is InChI=1S/C15H21F3N2O2.ClH/c1-2-3-4-12(10-19)20-14(21)9-11-5-7-13(8-6-11)22-15(16,17)18;/h5-8,12H,2-4,9-10,19H2,1H3,(H,20,21);1H. The lowest BCUT2D eigenvalue weighted by atomic mass is 10.1. The maximum absolute atomic E-state index is 12.0. The quantitative estimate of drug-likeness (QED) is 0.753. The fraction of sp³-hybridized carbons (Fsp3) is 0.533. The fourth-order valence-corrected chi connectivity index (χ4v) is 1.97. The van der Waals surface area contributed by atoms with Crippen LogP contribution in [0.1, 0.15) is 31.7 Å². The Morgan fingerprint density at radius 2 is 1.91 bits per heavy atom. The maximum Gasteiger partial charge on any atom is 0.573 e. The van der Waals surface area contributed by atoms with Crippen LogP contribution in [-0.2, 0) is 11.2 Å². The van der Waals surface area contributed by atoms with Gasteiger partial charge in [-0.05, 0) is 24.1 Å². The molecule has 0 heterocycles. The van der Waals surface area contributed by atoms with Gasteiger partial charge in [-0.3, -0.25) is 4.79 Å². The van der Waals surface area contributed by atoms with Crippen LogP contribution in [0.25, 0.3) is 0 Å². The van der Waals surface area contributed by atoms with Crippen molar-refractivity contribution in [3.8, 4) is 5.75 Å². The minimum Gasteiger partial charge on any atom is -0.406 e. The molecule has 0 aliphatic rings. The summed E-state index contributed by atoms with van der Waals surface area (Å²) < 4.78 is 39.9. The van der Waals surface area contributed by atoms with E-state index in [1.807, 2.05) is 0 Å². The molecular weight excluding hydrogens is 333 g/mol. The number of nitrogens with two attached hydrogens (primary N) is 1. The minimum atomic E-state index is -4.72. The van der Waals surface area contributed by atoms with E-state index in [9.17, 15) is 18.0 Å². The van der Waals surface area contributed by atoms with Crippen molar-refractivity contribution in [1.82, 2.24) is 5.32 Å². The van der Waals surface area contributed by atoms with Crippen LogP contribution in [0, 0.1) is 0 Å². The molecule has 8 heteroatoms. The van der Waals surface area contributed by atoms with E-state index in [4.69, 9.17) is 5.73 Å². The van der Waals surface area contributed by atoms with E-state index in [-0.39, 0.29) is 36.5 Å².